The van der Waals surface area contributed by atoms with Gasteiger partial charge in [0.15, 0.2) is 5.78 Å². The summed E-state index contributed by atoms with van der Waals surface area (Å²) in [7, 11) is 4.81. The number of hydrogen-bond acceptors (Lipinski definition) is 28. The molecular formula is C76H139N21O13. The molecule has 3 aromatic heterocycles. The molecule has 23 N–H and O–H groups in total. The third-order valence-electron chi connectivity index (χ3n) is 16.3. The van der Waals surface area contributed by atoms with Crippen LogP contribution in [0.1, 0.15) is 196 Å². The van der Waals surface area contributed by atoms with Crippen LogP contribution in [0, 0.1) is 41.4 Å². The summed E-state index contributed by atoms with van der Waals surface area (Å²) in [5.74, 6) is 22.6. The van der Waals surface area contributed by atoms with Crippen molar-refractivity contribution in [2.75, 3.05) is 47.0 Å². The molecule has 8 atom stereocenters. The Morgan fingerprint density at radius 3 is 1.36 bits per heavy atom. The van der Waals surface area contributed by atoms with Gasteiger partial charge in [0, 0.05) is 125 Å². The first kappa shape index (κ1) is 108. The van der Waals surface area contributed by atoms with Gasteiger partial charge in [-0.1, -0.05) is 119 Å². The number of carbonyl (C=O) groups is 10. The Hall–Kier alpha value is -8.68. The number of methoxy groups -OCH3 is 1. The maximum absolute atomic E-state index is 11.7. The Bertz CT molecular complexity index is 3090. The predicted octanol–water partition coefficient (Wildman–Crippen LogP) is 4.20. The summed E-state index contributed by atoms with van der Waals surface area (Å²) in [4.78, 5) is 125. The van der Waals surface area contributed by atoms with Gasteiger partial charge in [0.1, 0.15) is 29.8 Å². The molecule has 34 heteroatoms. The van der Waals surface area contributed by atoms with E-state index in [1.54, 1.807) is 77.9 Å². The molecule has 3 saturated heterocycles. The summed E-state index contributed by atoms with van der Waals surface area (Å²) < 4.78 is 15.6. The normalized spacial score (nSPS) is 15.4. The minimum Gasteiger partial charge on any atom is -0.466 e. The largest absolute Gasteiger partial charge is 0.466 e. The number of nitrogens with one attached hydrogen (secondary N) is 1. The molecule has 0 aliphatic carbocycles. The molecule has 0 spiro atoms. The zero-order chi connectivity index (χ0) is 85.5. The number of likely N-dealkylation sites (N-methyl/N-ethyl adjacent to an activating group) is 1. The Labute approximate surface area is 653 Å². The van der Waals surface area contributed by atoms with Crippen molar-refractivity contribution in [2.24, 2.45) is 112 Å². The number of hydrazine groups is 4. The predicted molar refractivity (Wildman–Crippen MR) is 428 cm³/mol. The van der Waals surface area contributed by atoms with Crippen LogP contribution in [0.5, 0.6) is 0 Å². The lowest BCUT2D eigenvalue weighted by atomic mass is 9.96. The third-order valence-corrected chi connectivity index (χ3v) is 16.3. The van der Waals surface area contributed by atoms with E-state index in [0.29, 0.717) is 38.2 Å². The summed E-state index contributed by atoms with van der Waals surface area (Å²) in [6.07, 6.45) is 16.5. The second-order valence-corrected chi connectivity index (χ2v) is 27.8. The van der Waals surface area contributed by atoms with Crippen LogP contribution in [0.2, 0.25) is 0 Å². The summed E-state index contributed by atoms with van der Waals surface area (Å²) in [6.45, 7) is 35.5. The molecule has 3 unspecified atom stereocenters. The molecule has 626 valence electrons. The van der Waals surface area contributed by atoms with E-state index in [2.05, 4.69) is 30.0 Å². The minimum atomic E-state index is -0.509. The lowest BCUT2D eigenvalue weighted by Crippen LogP contribution is -2.42. The highest BCUT2D eigenvalue weighted by Gasteiger charge is 2.27. The van der Waals surface area contributed by atoms with Gasteiger partial charge < -0.3 is 64.2 Å². The van der Waals surface area contributed by atoms with Crippen LogP contribution in [0.15, 0.2) is 86.0 Å². The number of hydrogen-bond donors (Lipinski definition) is 12. The average molecular weight is 1560 g/mol. The van der Waals surface area contributed by atoms with Crippen molar-refractivity contribution in [1.82, 2.24) is 49.9 Å². The monoisotopic (exact) mass is 1550 g/mol. The van der Waals surface area contributed by atoms with Crippen LogP contribution < -0.4 is 68.8 Å². The Morgan fingerprint density at radius 1 is 0.600 bits per heavy atom. The van der Waals surface area contributed by atoms with E-state index in [9.17, 15) is 47.9 Å². The van der Waals surface area contributed by atoms with E-state index in [0.717, 1.165) is 67.3 Å². The Kier molecular flexibility index (Phi) is 60.7. The van der Waals surface area contributed by atoms with Gasteiger partial charge in [-0.3, -0.25) is 63.2 Å². The molecule has 4 aromatic rings. The van der Waals surface area contributed by atoms with Crippen LogP contribution in [0.3, 0.4) is 0 Å². The maximum atomic E-state index is 11.7. The quantitative estimate of drug-likeness (QED) is 0.0131. The molecule has 3 aliphatic rings. The standard InChI is InChI=1S/C12H18N2O.C11H15NO.C10H19NO3.C7H15NO2.C6H9N3.C6H14N2O.C5H9N3.C5H12N2O2.2C5H10N2O.C4H8N2O/c1-9(2)12(13)11(15)6-5-10-4-3-7-14-8-10;1-8(2)10(12)11(13)9-6-4-3-5-7-9;1-4-14-9(13)6-5-8(12)10(11)7(2)3;1-4-10-7(9)6(8)5(2)3;1-5(7)6-2-8-4-9-3-6;1-4(2)5(7)6(9)8-3;1-8-3-2-7-5(8)4-6;1-4(2)7(6)5(8)9-3;2*1-4-2-3-7(6)5(4)8;5-6-3-1-2-4(6)7/h3-4,7-9,12H,5-6,13H2,1-2H3;3-8,10H,12H2,1-2H3;7,10H,4-6,11H2,1-3H3;5-6H,4,8H2,1-3H3;2-5H,7H2,1H3;4-5H,7H2,1-3H3,(H,8,9);2-3H,4,6H2,1H3;4H,6H2,1-3H3;2*4H,2-3,6H2,1H3;1-3,5H2/t;2*10-;;;5-;;;2*4-;/m.10..0..10./s1. The van der Waals surface area contributed by atoms with Gasteiger partial charge in [0.2, 0.25) is 23.6 Å². The van der Waals surface area contributed by atoms with Crippen molar-refractivity contribution >= 4 is 59.0 Å². The van der Waals surface area contributed by atoms with E-state index < -0.39 is 18.2 Å². The lowest BCUT2D eigenvalue weighted by Gasteiger charge is -2.18. The van der Waals surface area contributed by atoms with Crippen LogP contribution in [0.25, 0.3) is 0 Å². The summed E-state index contributed by atoms with van der Waals surface area (Å²) in [6, 6.07) is 11.0. The minimum absolute atomic E-state index is 0.0163. The van der Waals surface area contributed by atoms with Crippen molar-refractivity contribution in [2.45, 2.75) is 218 Å². The number of aromatic nitrogens is 5. The number of nitrogens with two attached hydrogens (primary N) is 11. The molecule has 7 rings (SSSR count). The van der Waals surface area contributed by atoms with Crippen molar-refractivity contribution in [3.8, 4) is 0 Å². The first-order valence-electron chi connectivity index (χ1n) is 37.2. The molecule has 5 amide bonds. The van der Waals surface area contributed by atoms with Crippen LogP contribution in [-0.4, -0.2) is 187 Å². The van der Waals surface area contributed by atoms with Crippen LogP contribution >= 0.6 is 0 Å². The van der Waals surface area contributed by atoms with E-state index in [4.69, 9.17) is 73.0 Å². The topological polar surface area (TPSA) is 566 Å². The molecule has 0 radical (unpaired) electrons. The van der Waals surface area contributed by atoms with Gasteiger partial charge in [0.05, 0.1) is 57.5 Å². The summed E-state index contributed by atoms with van der Waals surface area (Å²) >= 11 is 0. The van der Waals surface area contributed by atoms with Gasteiger partial charge in [0.25, 0.3) is 0 Å². The Balaban J connectivity index is -0.000000566. The second kappa shape index (κ2) is 62.0. The number of aryl methyl sites for hydroxylation is 2. The highest BCUT2D eigenvalue weighted by molar-refractivity contribution is 6.00. The second-order valence-electron chi connectivity index (χ2n) is 27.8. The van der Waals surface area contributed by atoms with E-state index in [-0.39, 0.29) is 137 Å². The molecular weight excluding hydrogens is 1410 g/mol. The van der Waals surface area contributed by atoms with Crippen molar-refractivity contribution in [3.63, 3.8) is 0 Å². The molecule has 110 heavy (non-hydrogen) atoms. The number of rotatable bonds is 22. The SMILES string of the molecule is CC(C)C(N)C(=O)CCc1cccnc1.CC(C)[C@@H](N)C(=O)c1ccccc1.CC(N)c1cncnc1.CCOC(=O)C(N)C(C)C.CCOC(=O)CCC(=O)[C@@H](N)C(C)C.CNC(=O)[C@@H](N)C(C)C.COC(=O)N(N)C(C)C.C[C@@H]1CCN(N)C1=O.C[C@H]1CCN(N)C1=O.Cn1ccnc1CN.NN1CCCC1=O. The van der Waals surface area contributed by atoms with Crippen LogP contribution in [-0.2, 0) is 72.6 Å². The molecule has 1 aromatic carbocycles. The zero-order valence-electron chi connectivity index (χ0n) is 69.2. The fraction of sp³-hybridized carbons (Fsp3) is 0.632. The number of amides is 5. The highest BCUT2D eigenvalue weighted by atomic mass is 16.5. The number of nitrogens with zero attached hydrogens (tertiary/aromatic N) is 9. The Morgan fingerprint density at radius 2 is 1.08 bits per heavy atom. The first-order valence-corrected chi connectivity index (χ1v) is 37.2. The number of benzene rings is 1. The van der Waals surface area contributed by atoms with Gasteiger partial charge >= 0.3 is 18.0 Å². The van der Waals surface area contributed by atoms with Crippen molar-refractivity contribution in [3.05, 3.63) is 108 Å². The third kappa shape index (κ3) is 49.5. The maximum Gasteiger partial charge on any atom is 0.424 e. The number of ether oxygens (including phenoxy) is 3. The van der Waals surface area contributed by atoms with Crippen molar-refractivity contribution in [1.29, 1.82) is 0 Å². The number of ketones is 3. The van der Waals surface area contributed by atoms with Gasteiger partial charge in [-0.25, -0.2) is 48.1 Å². The number of esters is 2. The zero-order valence-corrected chi connectivity index (χ0v) is 69.2. The number of carbonyl (C=O) groups excluding carboxylic acids is 10. The van der Waals surface area contributed by atoms with E-state index in [1.165, 1.54) is 28.5 Å². The number of imidazole rings is 1. The number of Topliss-reactive ketones (excluding diaryl/α,β-unsaturated/α-hetero) is 3. The molecule has 6 heterocycles. The molecule has 0 saturated carbocycles. The smallest absolute Gasteiger partial charge is 0.424 e. The summed E-state index contributed by atoms with van der Waals surface area (Å²) in [5, 5.41) is 7.34. The van der Waals surface area contributed by atoms with Gasteiger partial charge in [-0.2, -0.15) is 0 Å². The molecule has 3 fully saturated rings. The van der Waals surface area contributed by atoms with Crippen LogP contribution in [0.4, 0.5) is 4.79 Å². The first-order chi connectivity index (χ1) is 51.4. The van der Waals surface area contributed by atoms with Crippen molar-refractivity contribution < 1.29 is 62.2 Å². The average Bonchev–Trinajstić information content (AvgIpc) is 1.27. The molecule has 3 aliphatic heterocycles. The number of pyridine rings is 1. The fourth-order valence-corrected chi connectivity index (χ4v) is 8.25. The fourth-order valence-electron chi connectivity index (χ4n) is 8.25. The van der Waals surface area contributed by atoms with E-state index in [1.807, 2.05) is 138 Å². The summed E-state index contributed by atoms with van der Waals surface area (Å²) in [5.41, 5.74) is 41.6. The van der Waals surface area contributed by atoms with E-state index >= 15 is 0 Å². The molecule has 34 nitrogen and oxygen atoms in total. The molecule has 0 bridgehead atoms. The lowest BCUT2D eigenvalue weighted by molar-refractivity contribution is -0.146. The highest BCUT2D eigenvalue weighted by Crippen LogP contribution is 2.15. The van der Waals surface area contributed by atoms with Gasteiger partial charge in [-0.15, -0.1) is 0 Å². The van der Waals surface area contributed by atoms with Gasteiger partial charge in [-0.05, 0) is 102 Å².